The van der Waals surface area contributed by atoms with Crippen LogP contribution in [0.1, 0.15) is 35.3 Å². The van der Waals surface area contributed by atoms with Crippen LogP contribution in [0.15, 0.2) is 42.5 Å². The number of hydrogen-bond acceptors (Lipinski definition) is 2. The molecule has 0 aromatic heterocycles. The van der Waals surface area contributed by atoms with Crippen LogP contribution in [0.3, 0.4) is 0 Å². The van der Waals surface area contributed by atoms with Crippen LogP contribution in [0, 0.1) is 19.8 Å². The third-order valence-corrected chi connectivity index (χ3v) is 3.81. The van der Waals surface area contributed by atoms with Crippen LogP contribution in [0.2, 0.25) is 0 Å². The minimum Gasteiger partial charge on any atom is -0.325 e. The summed E-state index contributed by atoms with van der Waals surface area (Å²) in [6.07, 6.45) is 0. The number of carbonyl (C=O) groups excluding carboxylic acids is 2. The van der Waals surface area contributed by atoms with Gasteiger partial charge in [0.15, 0.2) is 0 Å². The summed E-state index contributed by atoms with van der Waals surface area (Å²) in [5.74, 6) is -0.500. The molecule has 2 aromatic rings. The average molecular weight is 310 g/mol. The van der Waals surface area contributed by atoms with E-state index >= 15 is 0 Å². The lowest BCUT2D eigenvalue weighted by atomic mass is 10.1. The lowest BCUT2D eigenvalue weighted by Crippen LogP contribution is -2.21. The molecule has 0 heterocycles. The molecule has 0 aliphatic rings. The fourth-order valence-electron chi connectivity index (χ4n) is 2.14. The molecule has 0 unspecified atom stereocenters. The number of rotatable bonds is 4. The first kappa shape index (κ1) is 16.7. The van der Waals surface area contributed by atoms with Gasteiger partial charge in [-0.1, -0.05) is 38.1 Å². The minimum absolute atomic E-state index is 0.114. The number of carbonyl (C=O) groups is 2. The highest BCUT2D eigenvalue weighted by Crippen LogP contribution is 2.21. The number of amides is 2. The van der Waals surface area contributed by atoms with Crippen LogP contribution in [0.5, 0.6) is 0 Å². The summed E-state index contributed by atoms with van der Waals surface area (Å²) in [4.78, 5) is 24.5. The van der Waals surface area contributed by atoms with Crippen molar-refractivity contribution in [3.63, 3.8) is 0 Å². The molecular formula is C19H22N2O2. The third-order valence-electron chi connectivity index (χ3n) is 3.81. The van der Waals surface area contributed by atoms with Crippen molar-refractivity contribution in [2.24, 2.45) is 5.92 Å². The van der Waals surface area contributed by atoms with Gasteiger partial charge in [0.25, 0.3) is 5.91 Å². The first-order valence-electron chi connectivity index (χ1n) is 7.67. The van der Waals surface area contributed by atoms with E-state index in [1.165, 1.54) is 0 Å². The number of para-hydroxylation sites is 1. The van der Waals surface area contributed by atoms with E-state index in [9.17, 15) is 9.59 Å². The highest BCUT2D eigenvalue weighted by atomic mass is 16.2. The summed E-state index contributed by atoms with van der Waals surface area (Å²) in [5, 5.41) is 5.72. The Morgan fingerprint density at radius 2 is 1.52 bits per heavy atom. The Hall–Kier alpha value is -2.62. The highest BCUT2D eigenvalue weighted by Gasteiger charge is 2.15. The number of benzene rings is 2. The fraction of sp³-hybridized carbons (Fsp3) is 0.263. The molecule has 0 saturated heterocycles. The second kappa shape index (κ2) is 7.09. The molecule has 4 heteroatoms. The summed E-state index contributed by atoms with van der Waals surface area (Å²) in [5.41, 5.74) is 3.89. The topological polar surface area (TPSA) is 58.2 Å². The van der Waals surface area contributed by atoms with Gasteiger partial charge < -0.3 is 10.6 Å². The Morgan fingerprint density at radius 3 is 2.22 bits per heavy atom. The number of hydrogen-bond donors (Lipinski definition) is 2. The van der Waals surface area contributed by atoms with Crippen LogP contribution < -0.4 is 10.6 Å². The van der Waals surface area contributed by atoms with Gasteiger partial charge in [0.1, 0.15) is 0 Å². The van der Waals surface area contributed by atoms with Gasteiger partial charge in [-0.05, 0) is 43.2 Å². The monoisotopic (exact) mass is 310 g/mol. The number of anilines is 2. The summed E-state index contributed by atoms with van der Waals surface area (Å²) in [6, 6.07) is 12.8. The van der Waals surface area contributed by atoms with E-state index in [0.717, 1.165) is 16.8 Å². The van der Waals surface area contributed by atoms with Crippen molar-refractivity contribution in [3.8, 4) is 0 Å². The highest BCUT2D eigenvalue weighted by molar-refractivity contribution is 6.10. The van der Waals surface area contributed by atoms with E-state index in [-0.39, 0.29) is 17.7 Å². The Morgan fingerprint density at radius 1 is 0.870 bits per heavy atom. The Balaban J connectivity index is 2.26. The molecule has 23 heavy (non-hydrogen) atoms. The van der Waals surface area contributed by atoms with E-state index in [0.29, 0.717) is 11.3 Å². The summed E-state index contributed by atoms with van der Waals surface area (Å²) >= 11 is 0. The molecule has 2 amide bonds. The Kier molecular flexibility index (Phi) is 5.16. The quantitative estimate of drug-likeness (QED) is 0.891. The molecule has 2 rings (SSSR count). The van der Waals surface area contributed by atoms with Crippen LogP contribution in [-0.2, 0) is 4.79 Å². The lowest BCUT2D eigenvalue weighted by Gasteiger charge is -2.14. The van der Waals surface area contributed by atoms with Crippen molar-refractivity contribution >= 4 is 23.2 Å². The molecule has 0 spiro atoms. The molecule has 2 N–H and O–H groups in total. The molecule has 0 radical (unpaired) electrons. The molecular weight excluding hydrogens is 288 g/mol. The predicted molar refractivity (Wildman–Crippen MR) is 93.8 cm³/mol. The molecule has 4 nitrogen and oxygen atoms in total. The largest absolute Gasteiger partial charge is 0.325 e. The van der Waals surface area contributed by atoms with Gasteiger partial charge in [0.2, 0.25) is 5.91 Å². The molecule has 0 bridgehead atoms. The average Bonchev–Trinajstić information content (AvgIpc) is 2.52. The molecule has 0 aliphatic carbocycles. The number of aryl methyl sites for hydroxylation is 1. The lowest BCUT2D eigenvalue weighted by molar-refractivity contribution is -0.118. The number of nitrogens with one attached hydrogen (secondary N) is 2. The second-order valence-corrected chi connectivity index (χ2v) is 5.89. The van der Waals surface area contributed by atoms with Gasteiger partial charge >= 0.3 is 0 Å². The van der Waals surface area contributed by atoms with Crippen molar-refractivity contribution in [3.05, 3.63) is 59.2 Å². The van der Waals surface area contributed by atoms with Gasteiger partial charge in [-0.25, -0.2) is 0 Å². The molecule has 0 fully saturated rings. The zero-order valence-electron chi connectivity index (χ0n) is 13.9. The molecule has 2 aromatic carbocycles. The third kappa shape index (κ3) is 3.97. The van der Waals surface area contributed by atoms with Crippen molar-refractivity contribution in [2.45, 2.75) is 27.7 Å². The Bertz CT molecular complexity index is 736. The molecule has 0 atom stereocenters. The maximum absolute atomic E-state index is 12.6. The van der Waals surface area contributed by atoms with Crippen LogP contribution in [-0.4, -0.2) is 11.8 Å². The maximum atomic E-state index is 12.6. The van der Waals surface area contributed by atoms with Gasteiger partial charge in [-0.2, -0.15) is 0 Å². The van der Waals surface area contributed by atoms with E-state index in [1.54, 1.807) is 24.3 Å². The van der Waals surface area contributed by atoms with Crippen molar-refractivity contribution < 1.29 is 9.59 Å². The first-order chi connectivity index (χ1) is 10.9. The smallest absolute Gasteiger partial charge is 0.257 e. The van der Waals surface area contributed by atoms with E-state index in [2.05, 4.69) is 10.6 Å². The summed E-state index contributed by atoms with van der Waals surface area (Å²) in [6.45, 7) is 7.60. The van der Waals surface area contributed by atoms with Gasteiger partial charge in [-0.3, -0.25) is 9.59 Å². The van der Waals surface area contributed by atoms with E-state index in [1.807, 2.05) is 45.9 Å². The fourth-order valence-corrected chi connectivity index (χ4v) is 2.14. The zero-order valence-corrected chi connectivity index (χ0v) is 13.9. The summed E-state index contributed by atoms with van der Waals surface area (Å²) < 4.78 is 0. The SMILES string of the molecule is Cc1cccc(NC(=O)c2ccccc2NC(=O)C(C)C)c1C. The Labute approximate surface area is 136 Å². The molecule has 0 aliphatic heterocycles. The van der Waals surface area contributed by atoms with Crippen molar-refractivity contribution in [2.75, 3.05) is 10.6 Å². The predicted octanol–water partition coefficient (Wildman–Crippen LogP) is 4.15. The van der Waals surface area contributed by atoms with Gasteiger partial charge in [0.05, 0.1) is 11.3 Å². The molecule has 120 valence electrons. The van der Waals surface area contributed by atoms with E-state index in [4.69, 9.17) is 0 Å². The van der Waals surface area contributed by atoms with Crippen LogP contribution in [0.4, 0.5) is 11.4 Å². The first-order valence-corrected chi connectivity index (χ1v) is 7.67. The minimum atomic E-state index is -0.238. The van der Waals surface area contributed by atoms with Crippen molar-refractivity contribution in [1.29, 1.82) is 0 Å². The molecule has 0 saturated carbocycles. The van der Waals surface area contributed by atoms with Gasteiger partial charge in [-0.15, -0.1) is 0 Å². The standard InChI is InChI=1S/C19H22N2O2/c1-12(2)18(22)21-17-10-6-5-9-15(17)19(23)20-16-11-7-8-13(3)14(16)4/h5-12H,1-4H3,(H,20,23)(H,21,22). The zero-order chi connectivity index (χ0) is 17.0. The normalized spacial score (nSPS) is 10.5. The van der Waals surface area contributed by atoms with Crippen LogP contribution >= 0.6 is 0 Å². The van der Waals surface area contributed by atoms with Crippen LogP contribution in [0.25, 0.3) is 0 Å². The summed E-state index contributed by atoms with van der Waals surface area (Å²) in [7, 11) is 0. The van der Waals surface area contributed by atoms with E-state index < -0.39 is 0 Å². The second-order valence-electron chi connectivity index (χ2n) is 5.89. The van der Waals surface area contributed by atoms with Gasteiger partial charge in [0, 0.05) is 11.6 Å². The van der Waals surface area contributed by atoms with Crippen molar-refractivity contribution in [1.82, 2.24) is 0 Å². The maximum Gasteiger partial charge on any atom is 0.257 e.